The highest BCUT2D eigenvalue weighted by Crippen LogP contribution is 2.68. The zero-order valence-electron chi connectivity index (χ0n) is 25.3. The molecule has 38 heavy (non-hydrogen) atoms. The molecule has 0 amide bonds. The topological polar surface area (TPSA) is 24.4 Å². The van der Waals surface area contributed by atoms with Gasteiger partial charge in [0, 0.05) is 18.4 Å². The van der Waals surface area contributed by atoms with Crippen molar-refractivity contribution in [2.75, 3.05) is 5.32 Å². The monoisotopic (exact) mass is 532 g/mol. The molecule has 0 heterocycles. The molecule has 2 fully saturated rings. The molecular weight excluding hydrogens is 479 g/mol. The lowest BCUT2D eigenvalue weighted by atomic mass is 9.92. The van der Waals surface area contributed by atoms with Gasteiger partial charge in [-0.2, -0.15) is 0 Å². The standard InChI is InChI=1S/C35H53N2P/c1-25(2)32-22-15-23-33(26(3)4)35(32)36-29(7)24-38(30-18-10-8-11-19-30,31-20-12-9-13-21-31)37-34-27(5)16-14-17-28(34)6/h14-17,22-26,30-31,36H,8-13,18-21H2,1-7H3/b29-24+. The van der Waals surface area contributed by atoms with Gasteiger partial charge < -0.3 is 5.32 Å². The van der Waals surface area contributed by atoms with Gasteiger partial charge in [0.2, 0.25) is 0 Å². The Morgan fingerprint density at radius 3 is 1.66 bits per heavy atom. The maximum Gasteiger partial charge on any atom is 0.0675 e. The average molecular weight is 533 g/mol. The minimum Gasteiger partial charge on any atom is -0.359 e. The van der Waals surface area contributed by atoms with Crippen molar-refractivity contribution in [2.24, 2.45) is 4.74 Å². The number of para-hydroxylation sites is 1. The number of nitrogens with one attached hydrogen (secondary N) is 1. The van der Waals surface area contributed by atoms with E-state index in [1.54, 1.807) is 0 Å². The minimum absolute atomic E-state index is 0.486. The molecule has 2 nitrogen and oxygen atoms in total. The van der Waals surface area contributed by atoms with E-state index >= 15 is 0 Å². The molecule has 0 aromatic heterocycles. The Hall–Kier alpha value is -1.79. The Morgan fingerprint density at radius 2 is 1.21 bits per heavy atom. The van der Waals surface area contributed by atoms with Gasteiger partial charge in [0.1, 0.15) is 0 Å². The molecule has 2 aliphatic rings. The first-order valence-corrected chi connectivity index (χ1v) is 17.4. The molecule has 0 saturated heterocycles. The summed E-state index contributed by atoms with van der Waals surface area (Å²) in [6, 6.07) is 13.6. The molecule has 0 radical (unpaired) electrons. The van der Waals surface area contributed by atoms with E-state index in [2.05, 4.69) is 96.0 Å². The van der Waals surface area contributed by atoms with E-state index in [1.807, 2.05) is 0 Å². The fourth-order valence-corrected chi connectivity index (χ4v) is 12.2. The highest BCUT2D eigenvalue weighted by molar-refractivity contribution is 7.71. The van der Waals surface area contributed by atoms with E-state index in [0.717, 1.165) is 11.3 Å². The van der Waals surface area contributed by atoms with Crippen molar-refractivity contribution in [1.82, 2.24) is 0 Å². The third kappa shape index (κ3) is 6.50. The van der Waals surface area contributed by atoms with Crippen molar-refractivity contribution in [1.29, 1.82) is 0 Å². The molecule has 0 spiro atoms. The molecule has 2 aromatic rings. The van der Waals surface area contributed by atoms with Crippen molar-refractivity contribution in [2.45, 2.75) is 136 Å². The van der Waals surface area contributed by atoms with Crippen molar-refractivity contribution in [3.8, 4) is 0 Å². The number of rotatable bonds is 8. The molecule has 0 aliphatic heterocycles. The fraction of sp³-hybridized carbons (Fsp3) is 0.600. The molecule has 0 bridgehead atoms. The van der Waals surface area contributed by atoms with Crippen LogP contribution >= 0.6 is 7.05 Å². The van der Waals surface area contributed by atoms with Gasteiger partial charge >= 0.3 is 0 Å². The van der Waals surface area contributed by atoms with Crippen LogP contribution in [0.4, 0.5) is 11.4 Å². The van der Waals surface area contributed by atoms with Crippen molar-refractivity contribution in [3.05, 3.63) is 70.2 Å². The number of hydrogen-bond acceptors (Lipinski definition) is 2. The first-order valence-electron chi connectivity index (χ1n) is 15.5. The number of aryl methyl sites for hydroxylation is 2. The van der Waals surface area contributed by atoms with Crippen LogP contribution in [0, 0.1) is 13.8 Å². The first-order chi connectivity index (χ1) is 18.2. The van der Waals surface area contributed by atoms with Crippen LogP contribution in [0.5, 0.6) is 0 Å². The maximum absolute atomic E-state index is 6.03. The molecule has 0 atom stereocenters. The summed E-state index contributed by atoms with van der Waals surface area (Å²) in [6.07, 6.45) is 13.7. The van der Waals surface area contributed by atoms with Crippen LogP contribution in [0.2, 0.25) is 0 Å². The number of nitrogens with zero attached hydrogens (tertiary/aromatic N) is 1. The average Bonchev–Trinajstić information content (AvgIpc) is 2.91. The summed E-state index contributed by atoms with van der Waals surface area (Å²) in [4.78, 5) is 0. The third-order valence-corrected chi connectivity index (χ3v) is 13.8. The molecule has 208 valence electrons. The lowest BCUT2D eigenvalue weighted by Gasteiger charge is -2.42. The summed E-state index contributed by atoms with van der Waals surface area (Å²) in [7, 11) is -1.79. The summed E-state index contributed by atoms with van der Waals surface area (Å²) in [5, 5.41) is 4.02. The zero-order chi connectivity index (χ0) is 27.3. The summed E-state index contributed by atoms with van der Waals surface area (Å²) in [6.45, 7) is 16.2. The van der Waals surface area contributed by atoms with Crippen LogP contribution in [-0.4, -0.2) is 11.3 Å². The summed E-state index contributed by atoms with van der Waals surface area (Å²) in [5.41, 5.74) is 10.9. The third-order valence-electron chi connectivity index (χ3n) is 9.13. The normalized spacial score (nSPS) is 18.3. The van der Waals surface area contributed by atoms with Gasteiger partial charge in [-0.3, -0.25) is 4.74 Å². The Kier molecular flexibility index (Phi) is 10.0. The van der Waals surface area contributed by atoms with E-state index in [4.69, 9.17) is 4.74 Å². The predicted octanol–water partition coefficient (Wildman–Crippen LogP) is 12.0. The number of anilines is 1. The van der Waals surface area contributed by atoms with E-state index in [9.17, 15) is 0 Å². The molecule has 1 N–H and O–H groups in total. The van der Waals surface area contributed by atoms with Crippen molar-refractivity contribution >= 4 is 18.4 Å². The van der Waals surface area contributed by atoms with Gasteiger partial charge in [0.15, 0.2) is 0 Å². The smallest absolute Gasteiger partial charge is 0.0675 e. The second kappa shape index (κ2) is 13.0. The SMILES string of the molecule is C/C(=C\P(=Nc1c(C)cccc1C)(C1CCCCC1)C1CCCCC1)Nc1c(C(C)C)cccc1C(C)C. The van der Waals surface area contributed by atoms with Crippen LogP contribution < -0.4 is 5.32 Å². The minimum atomic E-state index is -1.79. The lowest BCUT2D eigenvalue weighted by molar-refractivity contribution is 0.483. The highest BCUT2D eigenvalue weighted by Gasteiger charge is 2.38. The van der Waals surface area contributed by atoms with Crippen LogP contribution in [0.3, 0.4) is 0 Å². The maximum atomic E-state index is 6.03. The molecule has 0 unspecified atom stereocenters. The predicted molar refractivity (Wildman–Crippen MR) is 171 cm³/mol. The quantitative estimate of drug-likeness (QED) is 0.336. The lowest BCUT2D eigenvalue weighted by Crippen LogP contribution is -2.23. The summed E-state index contributed by atoms with van der Waals surface area (Å²) >= 11 is 0. The van der Waals surface area contributed by atoms with Crippen molar-refractivity contribution in [3.63, 3.8) is 0 Å². The molecule has 2 aromatic carbocycles. The van der Waals surface area contributed by atoms with E-state index in [0.29, 0.717) is 11.8 Å². The first kappa shape index (κ1) is 29.2. The Labute approximate surface area is 234 Å². The van der Waals surface area contributed by atoms with Crippen LogP contribution in [0.25, 0.3) is 0 Å². The van der Waals surface area contributed by atoms with Crippen LogP contribution in [0.15, 0.2) is 52.7 Å². The second-order valence-corrected chi connectivity index (χ2v) is 16.3. The summed E-state index contributed by atoms with van der Waals surface area (Å²) < 4.78 is 6.03. The zero-order valence-corrected chi connectivity index (χ0v) is 26.2. The molecule has 2 saturated carbocycles. The fourth-order valence-electron chi connectivity index (χ4n) is 7.06. The van der Waals surface area contributed by atoms with Crippen LogP contribution in [0.1, 0.15) is 133 Å². The molecule has 4 rings (SSSR count). The van der Waals surface area contributed by atoms with Crippen LogP contribution in [-0.2, 0) is 0 Å². The molecule has 3 heteroatoms. The largest absolute Gasteiger partial charge is 0.359 e. The van der Waals surface area contributed by atoms with E-state index < -0.39 is 7.05 Å². The molecular formula is C35H53N2P. The Balaban J connectivity index is 1.92. The van der Waals surface area contributed by atoms with Gasteiger partial charge in [-0.05, 0) is 97.7 Å². The second-order valence-electron chi connectivity index (χ2n) is 12.8. The van der Waals surface area contributed by atoms with E-state index in [-0.39, 0.29) is 0 Å². The van der Waals surface area contributed by atoms with E-state index in [1.165, 1.54) is 104 Å². The Morgan fingerprint density at radius 1 is 0.763 bits per heavy atom. The van der Waals surface area contributed by atoms with Gasteiger partial charge in [-0.25, -0.2) is 0 Å². The number of allylic oxidation sites excluding steroid dienone is 1. The van der Waals surface area contributed by atoms with Gasteiger partial charge in [0.25, 0.3) is 0 Å². The van der Waals surface area contributed by atoms with Gasteiger partial charge in [-0.15, -0.1) is 0 Å². The highest BCUT2D eigenvalue weighted by atomic mass is 31.2. The summed E-state index contributed by atoms with van der Waals surface area (Å²) in [5.74, 6) is 3.70. The number of hydrogen-bond donors (Lipinski definition) is 1. The van der Waals surface area contributed by atoms with Crippen molar-refractivity contribution < 1.29 is 0 Å². The number of benzene rings is 2. The van der Waals surface area contributed by atoms with Gasteiger partial charge in [0.05, 0.1) is 5.69 Å². The Bertz CT molecular complexity index is 1090. The van der Waals surface area contributed by atoms with Gasteiger partial charge in [-0.1, -0.05) is 103 Å². The molecule has 2 aliphatic carbocycles.